The van der Waals surface area contributed by atoms with Gasteiger partial charge in [-0.15, -0.1) is 0 Å². The summed E-state index contributed by atoms with van der Waals surface area (Å²) >= 11 is 0. The van der Waals surface area contributed by atoms with E-state index in [1.54, 1.807) is 24.3 Å². The summed E-state index contributed by atoms with van der Waals surface area (Å²) in [4.78, 5) is 30.6. The molecule has 2 aromatic rings. The smallest absolute Gasteiger partial charge is 0.374 e. The first-order chi connectivity index (χ1) is 10.1. The standard InChI is InChI=1S/C14H16N4O3/c1-2-7-15-11(19)8-16-12-9-5-3-4-6-10(9)17-13(18-12)14(20)21/h3-6H,2,7-8H2,1H3,(H,15,19)(H,20,21)(H,16,17,18). The van der Waals surface area contributed by atoms with Gasteiger partial charge in [-0.05, 0) is 18.6 Å². The van der Waals surface area contributed by atoms with Crippen molar-refractivity contribution in [3.8, 4) is 0 Å². The number of carboxylic acids is 1. The molecule has 0 bridgehead atoms. The number of para-hydroxylation sites is 1. The Hall–Kier alpha value is -2.70. The van der Waals surface area contributed by atoms with E-state index >= 15 is 0 Å². The van der Waals surface area contributed by atoms with Crippen LogP contribution in [0.15, 0.2) is 24.3 Å². The molecule has 0 fully saturated rings. The van der Waals surface area contributed by atoms with Gasteiger partial charge in [-0.1, -0.05) is 19.1 Å². The topological polar surface area (TPSA) is 104 Å². The molecule has 1 amide bonds. The largest absolute Gasteiger partial charge is 0.475 e. The highest BCUT2D eigenvalue weighted by molar-refractivity contribution is 5.94. The van der Waals surface area contributed by atoms with Crippen LogP contribution in [0, 0.1) is 0 Å². The Morgan fingerprint density at radius 2 is 2.00 bits per heavy atom. The van der Waals surface area contributed by atoms with Crippen LogP contribution in [0.2, 0.25) is 0 Å². The number of carbonyl (C=O) groups is 2. The lowest BCUT2D eigenvalue weighted by Gasteiger charge is -2.09. The fourth-order valence-corrected chi connectivity index (χ4v) is 1.80. The molecule has 0 aliphatic carbocycles. The summed E-state index contributed by atoms with van der Waals surface area (Å²) in [5.74, 6) is -1.34. The van der Waals surface area contributed by atoms with Gasteiger partial charge in [0, 0.05) is 11.9 Å². The number of rotatable bonds is 6. The van der Waals surface area contributed by atoms with Gasteiger partial charge >= 0.3 is 5.97 Å². The maximum absolute atomic E-state index is 11.6. The number of benzene rings is 1. The van der Waals surface area contributed by atoms with Gasteiger partial charge in [-0.3, -0.25) is 4.79 Å². The second-order valence-electron chi connectivity index (χ2n) is 4.42. The van der Waals surface area contributed by atoms with E-state index in [1.165, 1.54) is 0 Å². The molecule has 110 valence electrons. The first-order valence-corrected chi connectivity index (χ1v) is 6.62. The molecule has 0 atom stereocenters. The number of carboxylic acid groups (broad SMARTS) is 1. The maximum atomic E-state index is 11.6. The van der Waals surface area contributed by atoms with E-state index in [9.17, 15) is 9.59 Å². The van der Waals surface area contributed by atoms with Crippen LogP contribution in [-0.4, -0.2) is 40.0 Å². The lowest BCUT2D eigenvalue weighted by molar-refractivity contribution is -0.119. The number of aromatic nitrogens is 2. The zero-order chi connectivity index (χ0) is 15.2. The fraction of sp³-hybridized carbons (Fsp3) is 0.286. The highest BCUT2D eigenvalue weighted by Crippen LogP contribution is 2.19. The van der Waals surface area contributed by atoms with Crippen molar-refractivity contribution in [2.24, 2.45) is 0 Å². The summed E-state index contributed by atoms with van der Waals surface area (Å²) in [6.45, 7) is 2.59. The van der Waals surface area contributed by atoms with Gasteiger partial charge in [0.05, 0.1) is 12.1 Å². The molecule has 0 aliphatic heterocycles. The van der Waals surface area contributed by atoms with Gasteiger partial charge in [-0.2, -0.15) is 0 Å². The molecule has 0 saturated carbocycles. The molecule has 3 N–H and O–H groups in total. The summed E-state index contributed by atoms with van der Waals surface area (Å²) < 4.78 is 0. The zero-order valence-corrected chi connectivity index (χ0v) is 11.6. The number of carbonyl (C=O) groups excluding carboxylic acids is 1. The van der Waals surface area contributed by atoms with Gasteiger partial charge in [-0.25, -0.2) is 14.8 Å². The number of aromatic carboxylic acids is 1. The lowest BCUT2D eigenvalue weighted by Crippen LogP contribution is -2.30. The third kappa shape index (κ3) is 3.65. The van der Waals surface area contributed by atoms with Crippen LogP contribution >= 0.6 is 0 Å². The first kappa shape index (κ1) is 14.7. The minimum absolute atomic E-state index is 0.0278. The average Bonchev–Trinajstić information content (AvgIpc) is 2.50. The third-order valence-corrected chi connectivity index (χ3v) is 2.78. The number of hydrogen-bond acceptors (Lipinski definition) is 5. The lowest BCUT2D eigenvalue weighted by atomic mass is 10.2. The van der Waals surface area contributed by atoms with Gasteiger partial charge in [0.15, 0.2) is 0 Å². The van der Waals surface area contributed by atoms with E-state index in [1.807, 2.05) is 6.92 Å². The van der Waals surface area contributed by atoms with Crippen molar-refractivity contribution in [3.05, 3.63) is 30.1 Å². The SMILES string of the molecule is CCCNC(=O)CNc1nc(C(=O)O)nc2ccccc12. The quantitative estimate of drug-likeness (QED) is 0.739. The number of amides is 1. The van der Waals surface area contributed by atoms with Gasteiger partial charge < -0.3 is 15.7 Å². The van der Waals surface area contributed by atoms with E-state index in [4.69, 9.17) is 5.11 Å². The molecular formula is C14H16N4O3. The highest BCUT2D eigenvalue weighted by Gasteiger charge is 2.13. The molecule has 0 aliphatic rings. The van der Waals surface area contributed by atoms with Crippen molar-refractivity contribution in [1.29, 1.82) is 0 Å². The minimum atomic E-state index is -1.21. The second kappa shape index (κ2) is 6.65. The van der Waals surface area contributed by atoms with Crippen LogP contribution < -0.4 is 10.6 Å². The van der Waals surface area contributed by atoms with Crippen LogP contribution in [0.1, 0.15) is 24.0 Å². The molecule has 0 saturated heterocycles. The number of hydrogen-bond donors (Lipinski definition) is 3. The number of nitrogens with one attached hydrogen (secondary N) is 2. The van der Waals surface area contributed by atoms with Crippen molar-refractivity contribution < 1.29 is 14.7 Å². The molecule has 0 spiro atoms. The summed E-state index contributed by atoms with van der Waals surface area (Å²) in [5, 5.41) is 15.3. The number of nitrogens with zero attached hydrogens (tertiary/aromatic N) is 2. The van der Waals surface area contributed by atoms with Crippen LogP contribution in [0.3, 0.4) is 0 Å². The molecule has 1 heterocycles. The van der Waals surface area contributed by atoms with Crippen molar-refractivity contribution >= 4 is 28.6 Å². The molecule has 1 aromatic heterocycles. The monoisotopic (exact) mass is 288 g/mol. The van der Waals surface area contributed by atoms with Crippen molar-refractivity contribution in [3.63, 3.8) is 0 Å². The van der Waals surface area contributed by atoms with E-state index in [-0.39, 0.29) is 18.3 Å². The van der Waals surface area contributed by atoms with E-state index in [0.29, 0.717) is 23.3 Å². The average molecular weight is 288 g/mol. The molecule has 21 heavy (non-hydrogen) atoms. The predicted octanol–water partition coefficient (Wildman–Crippen LogP) is 1.27. The Balaban J connectivity index is 2.25. The number of anilines is 1. The molecule has 0 unspecified atom stereocenters. The summed E-state index contributed by atoms with van der Waals surface area (Å²) in [5.41, 5.74) is 0.515. The van der Waals surface area contributed by atoms with Crippen LogP contribution in [0.25, 0.3) is 10.9 Å². The Morgan fingerprint density at radius 1 is 1.24 bits per heavy atom. The molecular weight excluding hydrogens is 272 g/mol. The third-order valence-electron chi connectivity index (χ3n) is 2.78. The summed E-state index contributed by atoms with van der Waals surface area (Å²) in [6.07, 6.45) is 0.853. The van der Waals surface area contributed by atoms with E-state index < -0.39 is 5.97 Å². The Labute approximate surface area is 121 Å². The summed E-state index contributed by atoms with van der Waals surface area (Å²) in [7, 11) is 0. The van der Waals surface area contributed by atoms with Crippen molar-refractivity contribution in [1.82, 2.24) is 15.3 Å². The van der Waals surface area contributed by atoms with Crippen molar-refractivity contribution in [2.75, 3.05) is 18.4 Å². The van der Waals surface area contributed by atoms with E-state index in [0.717, 1.165) is 6.42 Å². The van der Waals surface area contributed by atoms with Crippen LogP contribution in [0.4, 0.5) is 5.82 Å². The maximum Gasteiger partial charge on any atom is 0.374 e. The van der Waals surface area contributed by atoms with Gasteiger partial charge in [0.1, 0.15) is 5.82 Å². The Bertz CT molecular complexity index is 672. The van der Waals surface area contributed by atoms with E-state index in [2.05, 4.69) is 20.6 Å². The molecule has 1 aromatic carbocycles. The van der Waals surface area contributed by atoms with Crippen LogP contribution in [-0.2, 0) is 4.79 Å². The molecule has 2 rings (SSSR count). The van der Waals surface area contributed by atoms with Gasteiger partial charge in [0.25, 0.3) is 0 Å². The molecule has 7 heteroatoms. The Kier molecular flexibility index (Phi) is 4.65. The van der Waals surface area contributed by atoms with Crippen molar-refractivity contribution in [2.45, 2.75) is 13.3 Å². The number of fused-ring (bicyclic) bond motifs is 1. The normalized spacial score (nSPS) is 10.3. The predicted molar refractivity (Wildman–Crippen MR) is 78.3 cm³/mol. The minimum Gasteiger partial charge on any atom is -0.475 e. The van der Waals surface area contributed by atoms with Crippen LogP contribution in [0.5, 0.6) is 0 Å². The second-order valence-corrected chi connectivity index (χ2v) is 4.42. The zero-order valence-electron chi connectivity index (χ0n) is 11.6. The summed E-state index contributed by atoms with van der Waals surface area (Å²) in [6, 6.07) is 7.03. The molecule has 7 nitrogen and oxygen atoms in total. The van der Waals surface area contributed by atoms with Gasteiger partial charge in [0.2, 0.25) is 11.7 Å². The Morgan fingerprint density at radius 3 is 2.71 bits per heavy atom. The fourth-order valence-electron chi connectivity index (χ4n) is 1.80. The first-order valence-electron chi connectivity index (χ1n) is 6.62. The molecule has 0 radical (unpaired) electrons. The highest BCUT2D eigenvalue weighted by atomic mass is 16.4.